The van der Waals surface area contributed by atoms with Crippen LogP contribution in [0.2, 0.25) is 0 Å². The summed E-state index contributed by atoms with van der Waals surface area (Å²) in [5.74, 6) is 0.805. The smallest absolute Gasteiger partial charge is 0.128 e. The van der Waals surface area contributed by atoms with Crippen molar-refractivity contribution < 1.29 is 14.6 Å². The molecule has 1 aromatic heterocycles. The van der Waals surface area contributed by atoms with E-state index in [0.717, 1.165) is 40.9 Å². The Balaban J connectivity index is 1.43. The van der Waals surface area contributed by atoms with Gasteiger partial charge in [0.15, 0.2) is 0 Å². The number of hydrogen-bond donors (Lipinski definition) is 2. The van der Waals surface area contributed by atoms with Crippen molar-refractivity contribution in [2.75, 3.05) is 26.2 Å². The Morgan fingerprint density at radius 1 is 1.13 bits per heavy atom. The number of rotatable bonds is 6. The molecule has 1 aliphatic heterocycles. The normalized spacial score (nSPS) is 19.7. The molecule has 0 bridgehead atoms. The maximum absolute atomic E-state index is 10.6. The third-order valence-corrected chi connectivity index (χ3v) is 5.73. The minimum atomic E-state index is 0.156. The zero-order valence-electron chi connectivity index (χ0n) is 17.1. The van der Waals surface area contributed by atoms with E-state index in [1.165, 1.54) is 0 Å². The summed E-state index contributed by atoms with van der Waals surface area (Å²) in [5, 5.41) is 17.8. The molecule has 30 heavy (non-hydrogen) atoms. The van der Waals surface area contributed by atoms with Crippen molar-refractivity contribution in [1.82, 2.24) is 15.1 Å². The molecule has 1 fully saturated rings. The van der Waals surface area contributed by atoms with Crippen LogP contribution in [0, 0.1) is 0 Å². The Kier molecular flexibility index (Phi) is 6.41. The Bertz CT molecular complexity index is 980. The van der Waals surface area contributed by atoms with Crippen LogP contribution in [0.25, 0.3) is 22.4 Å². The molecule has 2 heterocycles. The number of nitrogens with one attached hydrogen (secondary N) is 1. The third kappa shape index (κ3) is 4.86. The standard InChI is InChI=1S/C23H26BrN3O3/c1-15-13-27(14-16(2)30-15)9-10-29-19-7-8-20(22(28)11-19)23-21(12-25-26-23)17-3-5-18(24)6-4-17/h3-8,11-12,15-16,28H,9-10,13-14H2,1-2H3,(H,25,26). The molecular formula is C23H26BrN3O3. The highest BCUT2D eigenvalue weighted by molar-refractivity contribution is 9.10. The number of phenols is 1. The molecule has 2 aromatic carbocycles. The van der Waals surface area contributed by atoms with E-state index in [-0.39, 0.29) is 18.0 Å². The van der Waals surface area contributed by atoms with E-state index in [1.54, 1.807) is 12.3 Å². The average molecular weight is 472 g/mol. The molecule has 2 unspecified atom stereocenters. The van der Waals surface area contributed by atoms with Gasteiger partial charge in [-0.1, -0.05) is 28.1 Å². The SMILES string of the molecule is CC1CN(CCOc2ccc(-c3[nH]ncc3-c3ccc(Br)cc3)c(O)c2)CC(C)O1. The number of aromatic hydroxyl groups is 1. The molecule has 0 spiro atoms. The molecule has 7 heteroatoms. The zero-order chi connectivity index (χ0) is 21.1. The highest BCUT2D eigenvalue weighted by atomic mass is 79.9. The monoisotopic (exact) mass is 471 g/mol. The number of aromatic nitrogens is 2. The van der Waals surface area contributed by atoms with Crippen LogP contribution in [-0.4, -0.2) is 58.7 Å². The second kappa shape index (κ2) is 9.20. The van der Waals surface area contributed by atoms with Crippen molar-refractivity contribution in [3.63, 3.8) is 0 Å². The Morgan fingerprint density at radius 2 is 1.87 bits per heavy atom. The van der Waals surface area contributed by atoms with E-state index >= 15 is 0 Å². The number of benzene rings is 2. The van der Waals surface area contributed by atoms with Crippen LogP contribution in [-0.2, 0) is 4.74 Å². The number of aromatic amines is 1. The van der Waals surface area contributed by atoms with Crippen LogP contribution >= 0.6 is 15.9 Å². The summed E-state index contributed by atoms with van der Waals surface area (Å²) in [5.41, 5.74) is 3.42. The van der Waals surface area contributed by atoms with Gasteiger partial charge in [0.25, 0.3) is 0 Å². The number of nitrogens with zero attached hydrogens (tertiary/aromatic N) is 2. The average Bonchev–Trinajstić information content (AvgIpc) is 3.17. The van der Waals surface area contributed by atoms with Gasteiger partial charge in [0, 0.05) is 41.3 Å². The topological polar surface area (TPSA) is 70.6 Å². The minimum absolute atomic E-state index is 0.156. The fraction of sp³-hybridized carbons (Fsp3) is 0.348. The lowest BCUT2D eigenvalue weighted by Crippen LogP contribution is -2.46. The summed E-state index contributed by atoms with van der Waals surface area (Å²) in [4.78, 5) is 2.35. The summed E-state index contributed by atoms with van der Waals surface area (Å²) in [6, 6.07) is 13.4. The molecule has 0 radical (unpaired) electrons. The molecule has 158 valence electrons. The molecule has 4 rings (SSSR count). The fourth-order valence-corrected chi connectivity index (χ4v) is 4.18. The van der Waals surface area contributed by atoms with Crippen LogP contribution in [0.1, 0.15) is 13.8 Å². The van der Waals surface area contributed by atoms with Crippen LogP contribution in [0.3, 0.4) is 0 Å². The van der Waals surface area contributed by atoms with Gasteiger partial charge in [-0.2, -0.15) is 5.10 Å². The van der Waals surface area contributed by atoms with E-state index in [9.17, 15) is 5.11 Å². The maximum Gasteiger partial charge on any atom is 0.128 e. The highest BCUT2D eigenvalue weighted by Gasteiger charge is 2.21. The predicted molar refractivity (Wildman–Crippen MR) is 121 cm³/mol. The minimum Gasteiger partial charge on any atom is -0.507 e. The van der Waals surface area contributed by atoms with Gasteiger partial charge >= 0.3 is 0 Å². The first-order valence-corrected chi connectivity index (χ1v) is 10.9. The first-order chi connectivity index (χ1) is 14.5. The first kappa shape index (κ1) is 20.9. The summed E-state index contributed by atoms with van der Waals surface area (Å²) in [6.07, 6.45) is 2.25. The number of morpholine rings is 1. The summed E-state index contributed by atoms with van der Waals surface area (Å²) < 4.78 is 12.7. The number of H-pyrrole nitrogens is 1. The van der Waals surface area contributed by atoms with Crippen LogP contribution < -0.4 is 4.74 Å². The molecule has 0 saturated carbocycles. The molecule has 3 aromatic rings. The van der Waals surface area contributed by atoms with Gasteiger partial charge in [-0.25, -0.2) is 0 Å². The van der Waals surface area contributed by atoms with Crippen molar-refractivity contribution >= 4 is 15.9 Å². The van der Waals surface area contributed by atoms with Gasteiger partial charge in [-0.3, -0.25) is 10.00 Å². The van der Waals surface area contributed by atoms with Gasteiger partial charge in [0.1, 0.15) is 18.1 Å². The Labute approximate surface area is 185 Å². The first-order valence-electron chi connectivity index (χ1n) is 10.1. The van der Waals surface area contributed by atoms with E-state index in [2.05, 4.69) is 44.9 Å². The molecule has 1 saturated heterocycles. The summed E-state index contributed by atoms with van der Waals surface area (Å²) in [7, 11) is 0. The van der Waals surface area contributed by atoms with Crippen molar-refractivity contribution in [2.24, 2.45) is 0 Å². The number of halogens is 1. The Hall–Kier alpha value is -2.35. The summed E-state index contributed by atoms with van der Waals surface area (Å²) >= 11 is 3.46. The molecular weight excluding hydrogens is 446 g/mol. The van der Waals surface area contributed by atoms with Gasteiger partial charge in [-0.15, -0.1) is 0 Å². The number of hydrogen-bond acceptors (Lipinski definition) is 5. The molecule has 2 atom stereocenters. The van der Waals surface area contributed by atoms with Crippen molar-refractivity contribution in [1.29, 1.82) is 0 Å². The predicted octanol–water partition coefficient (Wildman–Crippen LogP) is 4.70. The lowest BCUT2D eigenvalue weighted by atomic mass is 10.0. The number of phenolic OH excluding ortho intramolecular Hbond substituents is 1. The molecule has 2 N–H and O–H groups in total. The van der Waals surface area contributed by atoms with Gasteiger partial charge < -0.3 is 14.6 Å². The summed E-state index contributed by atoms with van der Waals surface area (Å²) in [6.45, 7) is 7.41. The van der Waals surface area contributed by atoms with Crippen LogP contribution in [0.5, 0.6) is 11.5 Å². The molecule has 1 aliphatic rings. The largest absolute Gasteiger partial charge is 0.507 e. The van der Waals surface area contributed by atoms with E-state index in [1.807, 2.05) is 36.4 Å². The Morgan fingerprint density at radius 3 is 2.57 bits per heavy atom. The van der Waals surface area contributed by atoms with Gasteiger partial charge in [0.05, 0.1) is 24.1 Å². The van der Waals surface area contributed by atoms with Crippen molar-refractivity contribution in [3.8, 4) is 33.9 Å². The van der Waals surface area contributed by atoms with Crippen LogP contribution in [0.4, 0.5) is 0 Å². The molecule has 6 nitrogen and oxygen atoms in total. The lowest BCUT2D eigenvalue weighted by Gasteiger charge is -2.35. The van der Waals surface area contributed by atoms with Crippen molar-refractivity contribution in [3.05, 3.63) is 53.1 Å². The third-order valence-electron chi connectivity index (χ3n) is 5.20. The van der Waals surface area contributed by atoms with E-state index in [4.69, 9.17) is 9.47 Å². The van der Waals surface area contributed by atoms with Crippen LogP contribution in [0.15, 0.2) is 53.1 Å². The quantitative estimate of drug-likeness (QED) is 0.545. The lowest BCUT2D eigenvalue weighted by molar-refractivity contribution is -0.0699. The second-order valence-electron chi connectivity index (χ2n) is 7.71. The van der Waals surface area contributed by atoms with E-state index < -0.39 is 0 Å². The zero-order valence-corrected chi connectivity index (χ0v) is 18.7. The molecule has 0 aliphatic carbocycles. The van der Waals surface area contributed by atoms with Crippen molar-refractivity contribution in [2.45, 2.75) is 26.1 Å². The van der Waals surface area contributed by atoms with Gasteiger partial charge in [0.2, 0.25) is 0 Å². The highest BCUT2D eigenvalue weighted by Crippen LogP contribution is 2.37. The second-order valence-corrected chi connectivity index (χ2v) is 8.63. The van der Waals surface area contributed by atoms with E-state index in [0.29, 0.717) is 17.9 Å². The fourth-order valence-electron chi connectivity index (χ4n) is 3.91. The van der Waals surface area contributed by atoms with Gasteiger partial charge in [-0.05, 0) is 43.7 Å². The number of ether oxygens (including phenoxy) is 2. The molecule has 0 amide bonds. The maximum atomic E-state index is 10.6.